The summed E-state index contributed by atoms with van der Waals surface area (Å²) in [4.78, 5) is 10.4. The number of aliphatic carboxylic acids is 1. The first-order chi connectivity index (χ1) is 9.65. The van der Waals surface area contributed by atoms with Crippen molar-refractivity contribution < 1.29 is 14.6 Å². The molecule has 0 radical (unpaired) electrons. The highest BCUT2D eigenvalue weighted by atomic mass is 16.5. The molecule has 0 aromatic heterocycles. The zero-order valence-corrected chi connectivity index (χ0v) is 11.5. The molecule has 0 saturated heterocycles. The van der Waals surface area contributed by atoms with E-state index in [2.05, 4.69) is 31.2 Å². The van der Waals surface area contributed by atoms with E-state index in [1.807, 2.05) is 30.3 Å². The first-order valence-electron chi connectivity index (χ1n) is 6.63. The zero-order chi connectivity index (χ0) is 14.4. The lowest BCUT2D eigenvalue weighted by atomic mass is 9.94. The van der Waals surface area contributed by atoms with Gasteiger partial charge in [0, 0.05) is 0 Å². The first-order valence-corrected chi connectivity index (χ1v) is 6.63. The molecule has 0 aliphatic heterocycles. The normalized spacial score (nSPS) is 11.8. The Morgan fingerprint density at radius 3 is 2.35 bits per heavy atom. The molecule has 0 aliphatic carbocycles. The minimum atomic E-state index is -0.966. The molecule has 0 saturated carbocycles. The number of benzene rings is 2. The maximum absolute atomic E-state index is 10.4. The number of ether oxygens (including phenoxy) is 1. The monoisotopic (exact) mass is 270 g/mol. The van der Waals surface area contributed by atoms with E-state index in [0.717, 1.165) is 6.42 Å². The van der Waals surface area contributed by atoms with E-state index in [9.17, 15) is 4.79 Å². The highest BCUT2D eigenvalue weighted by Gasteiger charge is 2.06. The van der Waals surface area contributed by atoms with Crippen LogP contribution in [-0.4, -0.2) is 17.7 Å². The predicted molar refractivity (Wildman–Crippen MR) is 78.1 cm³/mol. The van der Waals surface area contributed by atoms with Crippen LogP contribution in [0.25, 0.3) is 0 Å². The molecular formula is C17H18O3. The fourth-order valence-corrected chi connectivity index (χ4v) is 2.12. The Bertz CT molecular complexity index is 546. The molecule has 0 aliphatic rings. The van der Waals surface area contributed by atoms with Gasteiger partial charge in [0.2, 0.25) is 0 Å². The maximum atomic E-state index is 10.4. The lowest BCUT2D eigenvalue weighted by Gasteiger charge is -2.12. The van der Waals surface area contributed by atoms with E-state index in [4.69, 9.17) is 9.84 Å². The first kappa shape index (κ1) is 14.1. The van der Waals surface area contributed by atoms with Crippen molar-refractivity contribution in [3.63, 3.8) is 0 Å². The number of rotatable bonds is 6. The molecular weight excluding hydrogens is 252 g/mol. The Labute approximate surface area is 118 Å². The molecule has 0 amide bonds. The molecule has 2 aromatic carbocycles. The van der Waals surface area contributed by atoms with Gasteiger partial charge in [-0.3, -0.25) is 0 Å². The number of carboxylic acid groups (broad SMARTS) is 1. The van der Waals surface area contributed by atoms with Crippen LogP contribution in [0.15, 0.2) is 54.6 Å². The molecule has 3 nitrogen and oxygen atoms in total. The Hall–Kier alpha value is -2.29. The summed E-state index contributed by atoms with van der Waals surface area (Å²) < 4.78 is 5.11. The van der Waals surface area contributed by atoms with E-state index in [1.54, 1.807) is 0 Å². The summed E-state index contributed by atoms with van der Waals surface area (Å²) in [5, 5.41) is 8.55. The van der Waals surface area contributed by atoms with E-state index in [-0.39, 0.29) is 6.61 Å². The standard InChI is InChI=1S/C17H18O3/c1-13(15-5-3-2-4-6-15)11-14-7-9-16(10-8-14)20-12-17(18)19/h2-10,13H,11-12H2,1H3,(H,18,19). The van der Waals surface area contributed by atoms with Crippen molar-refractivity contribution >= 4 is 5.97 Å². The Balaban J connectivity index is 1.95. The lowest BCUT2D eigenvalue weighted by molar-refractivity contribution is -0.139. The molecule has 104 valence electrons. The molecule has 20 heavy (non-hydrogen) atoms. The number of hydrogen-bond donors (Lipinski definition) is 1. The van der Waals surface area contributed by atoms with Gasteiger partial charge >= 0.3 is 5.97 Å². The van der Waals surface area contributed by atoms with Crippen LogP contribution in [0.1, 0.15) is 24.0 Å². The fraction of sp³-hybridized carbons (Fsp3) is 0.235. The summed E-state index contributed by atoms with van der Waals surface area (Å²) in [5.74, 6) is 0.0669. The average Bonchev–Trinajstić information content (AvgIpc) is 2.47. The Kier molecular flexibility index (Phi) is 4.77. The van der Waals surface area contributed by atoms with Crippen LogP contribution in [0, 0.1) is 0 Å². The van der Waals surface area contributed by atoms with Crippen molar-refractivity contribution in [3.8, 4) is 5.75 Å². The second kappa shape index (κ2) is 6.75. The largest absolute Gasteiger partial charge is 0.482 e. The summed E-state index contributed by atoms with van der Waals surface area (Å²) in [6.45, 7) is 1.89. The summed E-state index contributed by atoms with van der Waals surface area (Å²) in [7, 11) is 0. The van der Waals surface area contributed by atoms with Gasteiger partial charge in [0.15, 0.2) is 6.61 Å². The van der Waals surface area contributed by atoms with Gasteiger partial charge in [0.25, 0.3) is 0 Å². The van der Waals surface area contributed by atoms with Crippen LogP contribution in [-0.2, 0) is 11.2 Å². The van der Waals surface area contributed by atoms with Crippen molar-refractivity contribution in [2.24, 2.45) is 0 Å². The predicted octanol–water partition coefficient (Wildman–Crippen LogP) is 3.50. The summed E-state index contributed by atoms with van der Waals surface area (Å²) in [5.41, 5.74) is 2.53. The fourth-order valence-electron chi connectivity index (χ4n) is 2.12. The lowest BCUT2D eigenvalue weighted by Crippen LogP contribution is -2.09. The third-order valence-electron chi connectivity index (χ3n) is 3.20. The minimum absolute atomic E-state index is 0.306. The SMILES string of the molecule is CC(Cc1ccc(OCC(=O)O)cc1)c1ccccc1. The second-order valence-corrected chi connectivity index (χ2v) is 4.84. The molecule has 2 aromatic rings. The van der Waals surface area contributed by atoms with Crippen LogP contribution in [0.4, 0.5) is 0 Å². The summed E-state index contributed by atoms with van der Waals surface area (Å²) >= 11 is 0. The van der Waals surface area contributed by atoms with Gasteiger partial charge in [-0.25, -0.2) is 4.79 Å². The van der Waals surface area contributed by atoms with Crippen molar-refractivity contribution in [2.75, 3.05) is 6.61 Å². The van der Waals surface area contributed by atoms with Crippen molar-refractivity contribution in [1.29, 1.82) is 0 Å². The summed E-state index contributed by atoms with van der Waals surface area (Å²) in [6.07, 6.45) is 0.948. The van der Waals surface area contributed by atoms with Gasteiger partial charge in [0.1, 0.15) is 5.75 Å². The van der Waals surface area contributed by atoms with Crippen molar-refractivity contribution in [1.82, 2.24) is 0 Å². The highest BCUT2D eigenvalue weighted by Crippen LogP contribution is 2.21. The van der Waals surface area contributed by atoms with Crippen LogP contribution in [0.5, 0.6) is 5.75 Å². The van der Waals surface area contributed by atoms with Gasteiger partial charge < -0.3 is 9.84 Å². The van der Waals surface area contributed by atoms with Crippen LogP contribution < -0.4 is 4.74 Å². The molecule has 0 spiro atoms. The zero-order valence-electron chi connectivity index (χ0n) is 11.5. The molecule has 1 atom stereocenters. The van der Waals surface area contributed by atoms with Crippen LogP contribution in [0.2, 0.25) is 0 Å². The quantitative estimate of drug-likeness (QED) is 0.874. The van der Waals surface area contributed by atoms with Crippen LogP contribution >= 0.6 is 0 Å². The van der Waals surface area contributed by atoms with E-state index >= 15 is 0 Å². The van der Waals surface area contributed by atoms with Gasteiger partial charge in [-0.2, -0.15) is 0 Å². The number of hydrogen-bond acceptors (Lipinski definition) is 2. The molecule has 1 N–H and O–H groups in total. The molecule has 2 rings (SSSR count). The smallest absolute Gasteiger partial charge is 0.341 e. The number of carbonyl (C=O) groups is 1. The summed E-state index contributed by atoms with van der Waals surface area (Å²) in [6, 6.07) is 18.0. The van der Waals surface area contributed by atoms with E-state index in [1.165, 1.54) is 11.1 Å². The molecule has 0 heterocycles. The van der Waals surface area contributed by atoms with Crippen LogP contribution in [0.3, 0.4) is 0 Å². The Morgan fingerprint density at radius 2 is 1.75 bits per heavy atom. The molecule has 3 heteroatoms. The Morgan fingerprint density at radius 1 is 1.10 bits per heavy atom. The van der Waals surface area contributed by atoms with Gasteiger partial charge in [-0.1, -0.05) is 49.4 Å². The molecule has 0 fully saturated rings. The van der Waals surface area contributed by atoms with Crippen molar-refractivity contribution in [3.05, 3.63) is 65.7 Å². The second-order valence-electron chi connectivity index (χ2n) is 4.84. The maximum Gasteiger partial charge on any atom is 0.341 e. The van der Waals surface area contributed by atoms with Crippen molar-refractivity contribution in [2.45, 2.75) is 19.3 Å². The number of carboxylic acids is 1. The van der Waals surface area contributed by atoms with Gasteiger partial charge in [-0.15, -0.1) is 0 Å². The van der Waals surface area contributed by atoms with Gasteiger partial charge in [-0.05, 0) is 35.6 Å². The molecule has 0 bridgehead atoms. The van der Waals surface area contributed by atoms with E-state index < -0.39 is 5.97 Å². The third kappa shape index (κ3) is 4.12. The highest BCUT2D eigenvalue weighted by molar-refractivity contribution is 5.68. The average molecular weight is 270 g/mol. The van der Waals surface area contributed by atoms with Gasteiger partial charge in [0.05, 0.1) is 0 Å². The van der Waals surface area contributed by atoms with E-state index in [0.29, 0.717) is 11.7 Å². The third-order valence-corrected chi connectivity index (χ3v) is 3.20. The topological polar surface area (TPSA) is 46.5 Å². The minimum Gasteiger partial charge on any atom is -0.482 e. The molecule has 1 unspecified atom stereocenters.